The van der Waals surface area contributed by atoms with E-state index in [1.165, 1.54) is 44.6 Å². The Labute approximate surface area is 144 Å². The average molecular weight is 346 g/mol. The Hall–Kier alpha value is -0.156. The van der Waals surface area contributed by atoms with E-state index in [2.05, 4.69) is 6.92 Å². The van der Waals surface area contributed by atoms with Gasteiger partial charge in [0, 0.05) is 21.7 Å². The van der Waals surface area contributed by atoms with Crippen LogP contribution >= 0.6 is 0 Å². The van der Waals surface area contributed by atoms with E-state index < -0.39 is 10.1 Å². The molecule has 1 aromatic carbocycles. The summed E-state index contributed by atoms with van der Waals surface area (Å²) >= 11 is 0. The largest absolute Gasteiger partial charge is 0.294 e. The van der Waals surface area contributed by atoms with Gasteiger partial charge < -0.3 is 0 Å². The topological polar surface area (TPSA) is 54.4 Å². The second kappa shape index (κ2) is 11.4. The van der Waals surface area contributed by atoms with E-state index >= 15 is 0 Å². The Balaban J connectivity index is 0.00000400. The summed E-state index contributed by atoms with van der Waals surface area (Å²) in [4.78, 5) is 0.0583. The summed E-state index contributed by atoms with van der Waals surface area (Å²) in [5, 5.41) is 0. The second-order valence-electron chi connectivity index (χ2n) is 5.31. The first-order valence-electron chi connectivity index (χ1n) is 7.61. The van der Waals surface area contributed by atoms with Gasteiger partial charge in [-0.05, 0) is 24.5 Å². The Bertz CT molecular complexity index is 486. The first-order valence-corrected chi connectivity index (χ1v) is 9.05. The molecule has 0 atom stereocenters. The van der Waals surface area contributed by atoms with Gasteiger partial charge in [0.1, 0.15) is 0 Å². The molecule has 21 heavy (non-hydrogen) atoms. The number of rotatable bonds is 10. The zero-order chi connectivity index (χ0) is 14.8. The molecule has 0 fully saturated rings. The Morgan fingerprint density at radius 1 is 0.905 bits per heavy atom. The van der Waals surface area contributed by atoms with Gasteiger partial charge in [-0.2, -0.15) is 8.42 Å². The van der Waals surface area contributed by atoms with Crippen LogP contribution in [0, 0.1) is 0 Å². The molecule has 0 aliphatic rings. The van der Waals surface area contributed by atoms with Crippen LogP contribution in [0.3, 0.4) is 0 Å². The molecule has 5 heteroatoms. The monoisotopic (exact) mass is 346 g/mol. The molecule has 0 aliphatic carbocycles. The fraction of sp³-hybridized carbons (Fsp3) is 0.625. The van der Waals surface area contributed by atoms with E-state index in [1.807, 2.05) is 6.07 Å². The van der Waals surface area contributed by atoms with E-state index in [0.717, 1.165) is 18.4 Å². The van der Waals surface area contributed by atoms with E-state index in [-0.39, 0.29) is 26.6 Å². The first-order chi connectivity index (χ1) is 9.55. The molecule has 1 aromatic rings. The van der Waals surface area contributed by atoms with Gasteiger partial charge in [-0.15, -0.1) is 0 Å². The molecule has 0 aromatic heterocycles. The minimum Gasteiger partial charge on any atom is -0.282 e. The standard InChI is InChI=1S/C16H26O3S.Ti/c1-2-3-4-5-6-7-8-9-12-15-13-10-11-14-16(15)20(17,18)19;/h10-11,13-14H,2-9,12H2,1H3,(H,17,18,19);. The van der Waals surface area contributed by atoms with Crippen LogP contribution in [-0.2, 0) is 38.3 Å². The summed E-state index contributed by atoms with van der Waals surface area (Å²) in [5.41, 5.74) is 0.723. The van der Waals surface area contributed by atoms with Gasteiger partial charge in [0.2, 0.25) is 0 Å². The third kappa shape index (κ3) is 8.77. The summed E-state index contributed by atoms with van der Waals surface area (Å²) in [6.07, 6.45) is 10.5. The predicted molar refractivity (Wildman–Crippen MR) is 82.6 cm³/mol. The van der Waals surface area contributed by atoms with E-state index in [9.17, 15) is 8.42 Å². The van der Waals surface area contributed by atoms with Crippen molar-refractivity contribution in [3.8, 4) is 0 Å². The van der Waals surface area contributed by atoms with Crippen molar-refractivity contribution in [2.24, 2.45) is 0 Å². The van der Waals surface area contributed by atoms with Gasteiger partial charge in [-0.3, -0.25) is 4.55 Å². The molecule has 0 aliphatic heterocycles. The van der Waals surface area contributed by atoms with Crippen LogP contribution in [0.25, 0.3) is 0 Å². The maximum atomic E-state index is 11.2. The predicted octanol–water partition coefficient (Wildman–Crippen LogP) is 4.61. The summed E-state index contributed by atoms with van der Waals surface area (Å²) in [5.74, 6) is 0. The normalized spacial score (nSPS) is 11.1. The van der Waals surface area contributed by atoms with Gasteiger partial charge in [-0.25, -0.2) is 0 Å². The molecule has 0 bridgehead atoms. The zero-order valence-corrected chi connectivity index (χ0v) is 15.2. The van der Waals surface area contributed by atoms with E-state index in [1.54, 1.807) is 12.1 Å². The van der Waals surface area contributed by atoms with Gasteiger partial charge in [-0.1, -0.05) is 70.1 Å². The molecular formula is C16H26O3STi. The first kappa shape index (κ1) is 20.8. The number of hydrogen-bond donors (Lipinski definition) is 1. The van der Waals surface area contributed by atoms with Crippen molar-refractivity contribution in [2.75, 3.05) is 0 Å². The van der Waals surface area contributed by atoms with Crippen molar-refractivity contribution in [3.05, 3.63) is 29.8 Å². The molecule has 0 spiro atoms. The number of hydrogen-bond acceptors (Lipinski definition) is 2. The van der Waals surface area contributed by atoms with Crippen molar-refractivity contribution < 1.29 is 34.7 Å². The second-order valence-corrected chi connectivity index (χ2v) is 6.70. The molecule has 118 valence electrons. The molecule has 0 saturated heterocycles. The molecule has 3 nitrogen and oxygen atoms in total. The van der Waals surface area contributed by atoms with Gasteiger partial charge in [0.25, 0.3) is 10.1 Å². The number of aryl methyl sites for hydroxylation is 1. The van der Waals surface area contributed by atoms with Gasteiger partial charge in [0.15, 0.2) is 0 Å². The minimum absolute atomic E-state index is 0. The molecule has 0 heterocycles. The molecule has 0 radical (unpaired) electrons. The van der Waals surface area contributed by atoms with Crippen LogP contribution in [0.1, 0.15) is 63.9 Å². The van der Waals surface area contributed by atoms with Crippen molar-refractivity contribution in [3.63, 3.8) is 0 Å². The van der Waals surface area contributed by atoms with Crippen LogP contribution in [-0.4, -0.2) is 13.0 Å². The molecule has 1 rings (SSSR count). The van der Waals surface area contributed by atoms with Crippen molar-refractivity contribution in [2.45, 2.75) is 69.6 Å². The van der Waals surface area contributed by atoms with E-state index in [4.69, 9.17) is 4.55 Å². The van der Waals surface area contributed by atoms with Crippen molar-refractivity contribution in [1.29, 1.82) is 0 Å². The molecule has 1 N–H and O–H groups in total. The Kier molecular flexibility index (Phi) is 11.3. The van der Waals surface area contributed by atoms with Gasteiger partial charge >= 0.3 is 0 Å². The third-order valence-corrected chi connectivity index (χ3v) is 4.50. The van der Waals surface area contributed by atoms with Crippen LogP contribution in [0.4, 0.5) is 0 Å². The maximum absolute atomic E-state index is 11.2. The summed E-state index contributed by atoms with van der Waals surface area (Å²) in [6, 6.07) is 6.70. The molecular weight excluding hydrogens is 320 g/mol. The van der Waals surface area contributed by atoms with Crippen LogP contribution < -0.4 is 0 Å². The number of unbranched alkanes of at least 4 members (excludes halogenated alkanes) is 7. The summed E-state index contributed by atoms with van der Waals surface area (Å²) in [6.45, 7) is 2.21. The Morgan fingerprint density at radius 2 is 1.43 bits per heavy atom. The molecule has 0 saturated carbocycles. The fourth-order valence-corrected chi connectivity index (χ4v) is 3.16. The third-order valence-electron chi connectivity index (χ3n) is 3.55. The zero-order valence-electron chi connectivity index (χ0n) is 12.8. The Morgan fingerprint density at radius 3 is 2.00 bits per heavy atom. The SMILES string of the molecule is CCCCCCCCCCc1ccccc1S(=O)(=O)O.[Ti]. The maximum Gasteiger partial charge on any atom is 0.294 e. The van der Waals surface area contributed by atoms with Crippen molar-refractivity contribution >= 4 is 10.1 Å². The van der Waals surface area contributed by atoms with E-state index in [0.29, 0.717) is 6.42 Å². The minimum atomic E-state index is -4.09. The summed E-state index contributed by atoms with van der Waals surface area (Å²) < 4.78 is 31.7. The number of benzene rings is 1. The fourth-order valence-electron chi connectivity index (χ4n) is 2.41. The quantitative estimate of drug-likeness (QED) is 0.382. The smallest absolute Gasteiger partial charge is 0.282 e. The van der Waals surface area contributed by atoms with Crippen LogP contribution in [0.15, 0.2) is 29.2 Å². The molecule has 0 unspecified atom stereocenters. The summed E-state index contributed by atoms with van der Waals surface area (Å²) in [7, 11) is -4.09. The van der Waals surface area contributed by atoms with Crippen molar-refractivity contribution in [1.82, 2.24) is 0 Å². The van der Waals surface area contributed by atoms with Gasteiger partial charge in [0.05, 0.1) is 4.90 Å². The average Bonchev–Trinajstić information content (AvgIpc) is 2.41. The van der Waals surface area contributed by atoms with Crippen LogP contribution in [0.2, 0.25) is 0 Å². The molecule has 0 amide bonds. The van der Waals surface area contributed by atoms with Crippen LogP contribution in [0.5, 0.6) is 0 Å².